The summed E-state index contributed by atoms with van der Waals surface area (Å²) in [6.45, 7) is 16.4. The number of ether oxygens (including phenoxy) is 1. The highest BCUT2D eigenvalue weighted by Gasteiger charge is 2.41. The van der Waals surface area contributed by atoms with Gasteiger partial charge in [0, 0.05) is 35.7 Å². The number of allylic oxidation sites excluding steroid dienone is 1. The number of fused-ring (bicyclic) bond motifs is 1. The van der Waals surface area contributed by atoms with Gasteiger partial charge in [-0.1, -0.05) is 97.9 Å². The molecule has 0 spiro atoms. The molecule has 3 atom stereocenters. The van der Waals surface area contributed by atoms with Crippen LogP contribution in [0.15, 0.2) is 57.1 Å². The molecule has 1 amide bonds. The van der Waals surface area contributed by atoms with Crippen LogP contribution < -0.4 is 10.9 Å². The van der Waals surface area contributed by atoms with Crippen LogP contribution >= 0.6 is 11.6 Å². The Morgan fingerprint density at radius 3 is 2.18 bits per heavy atom. The van der Waals surface area contributed by atoms with E-state index < -0.39 is 33.4 Å². The topological polar surface area (TPSA) is 160 Å². The summed E-state index contributed by atoms with van der Waals surface area (Å²) < 4.78 is 37.5. The lowest BCUT2D eigenvalue weighted by Crippen LogP contribution is -2.37. The molecule has 60 heavy (non-hydrogen) atoms. The van der Waals surface area contributed by atoms with Crippen molar-refractivity contribution < 1.29 is 27.9 Å². The number of phenolic OH excluding ortho intramolecular Hbond substituents is 1. The Bertz CT molecular complexity index is 2250. The van der Waals surface area contributed by atoms with E-state index in [1.807, 2.05) is 20.8 Å². The van der Waals surface area contributed by atoms with E-state index in [2.05, 4.69) is 33.0 Å². The molecule has 3 aromatic rings. The van der Waals surface area contributed by atoms with Gasteiger partial charge in [0.15, 0.2) is 11.7 Å². The Labute approximate surface area is 360 Å². The molecule has 0 bridgehead atoms. The number of phenols is 1. The van der Waals surface area contributed by atoms with Gasteiger partial charge in [-0.15, -0.1) is 0 Å². The molecule has 2 aliphatic rings. The minimum absolute atomic E-state index is 0.00958. The summed E-state index contributed by atoms with van der Waals surface area (Å²) in [7, 11) is -4.19. The number of aromatic hydroxyl groups is 1. The van der Waals surface area contributed by atoms with Crippen molar-refractivity contribution in [2.75, 3.05) is 18.4 Å². The van der Waals surface area contributed by atoms with Crippen LogP contribution in [-0.4, -0.2) is 64.3 Å². The van der Waals surface area contributed by atoms with E-state index in [0.717, 1.165) is 38.5 Å². The standard InChI is InChI=1S/C46H62ClN5O7S/c1-9-13-16-32(12-4)45(55)50-37-27-38(53)52-43(48-35-25-29(6)41(54)36(26-35)60(57,58)51(21-14-10-2)22-15-11-3)39(33-17-19-34(47)20-18-33)40(44(52)49-37)46(56)59-42-30(7)23-28(5)24-31(42)8/h17-20,25-28,30-32,42,54H,9-16,21-24H2,1-8H3,(H,50,55). The Hall–Kier alpha value is -4.33. The summed E-state index contributed by atoms with van der Waals surface area (Å²) in [5.74, 6) is -1.21. The predicted octanol–water partition coefficient (Wildman–Crippen LogP) is 9.77. The molecule has 0 radical (unpaired) electrons. The van der Waals surface area contributed by atoms with Gasteiger partial charge in [0.25, 0.3) is 5.56 Å². The van der Waals surface area contributed by atoms with Crippen LogP contribution in [0.5, 0.6) is 5.75 Å². The van der Waals surface area contributed by atoms with Crippen LogP contribution in [0.4, 0.5) is 11.5 Å². The van der Waals surface area contributed by atoms with Crippen molar-refractivity contribution in [2.24, 2.45) is 28.7 Å². The van der Waals surface area contributed by atoms with Crippen molar-refractivity contribution in [3.8, 4) is 5.75 Å². The number of benzene rings is 2. The van der Waals surface area contributed by atoms with Crippen molar-refractivity contribution in [1.82, 2.24) is 13.9 Å². The van der Waals surface area contributed by atoms with Crippen LogP contribution in [-0.2, 0) is 24.3 Å². The fourth-order valence-electron chi connectivity index (χ4n) is 8.52. The average molecular weight is 865 g/mol. The molecule has 1 aromatic heterocycles. The minimum atomic E-state index is -4.19. The molecule has 2 aromatic carbocycles. The summed E-state index contributed by atoms with van der Waals surface area (Å²) in [5, 5.41) is 14.6. The van der Waals surface area contributed by atoms with Crippen LogP contribution in [0.2, 0.25) is 5.02 Å². The molecule has 1 fully saturated rings. The lowest BCUT2D eigenvalue weighted by Gasteiger charge is -2.37. The third kappa shape index (κ3) is 10.4. The molecule has 14 heteroatoms. The number of halogens is 1. The number of carbonyl (C=O) groups excluding carboxylic acids is 2. The van der Waals surface area contributed by atoms with Gasteiger partial charge in [-0.2, -0.15) is 4.31 Å². The smallest absolute Gasteiger partial charge is 0.343 e. The summed E-state index contributed by atoms with van der Waals surface area (Å²) in [5.41, 5.74) is 0.388. The number of aliphatic imine (C=N–C) groups is 1. The molecule has 3 unspecified atom stereocenters. The number of aromatic nitrogens is 2. The van der Waals surface area contributed by atoms with E-state index in [9.17, 15) is 27.9 Å². The van der Waals surface area contributed by atoms with Crippen LogP contribution in [0.3, 0.4) is 0 Å². The minimum Gasteiger partial charge on any atom is -0.506 e. The fraction of sp³-hybridized carbons (Fsp3) is 0.543. The van der Waals surface area contributed by atoms with E-state index in [4.69, 9.17) is 26.3 Å². The van der Waals surface area contributed by atoms with Gasteiger partial charge < -0.3 is 15.2 Å². The maximum Gasteiger partial charge on any atom is 0.343 e. The summed E-state index contributed by atoms with van der Waals surface area (Å²) in [6, 6.07) is 10.7. The molecule has 12 nitrogen and oxygen atoms in total. The number of rotatable bonds is 18. The summed E-state index contributed by atoms with van der Waals surface area (Å²) >= 11 is 6.36. The molecule has 1 aliphatic heterocycles. The van der Waals surface area contributed by atoms with Crippen LogP contribution in [0.1, 0.15) is 130 Å². The monoisotopic (exact) mass is 863 g/mol. The van der Waals surface area contributed by atoms with Gasteiger partial charge in [0.05, 0.1) is 5.69 Å². The molecular weight excluding hydrogens is 802 g/mol. The van der Waals surface area contributed by atoms with Gasteiger partial charge in [0.1, 0.15) is 28.1 Å². The number of nitrogens with one attached hydrogen (secondary N) is 1. The van der Waals surface area contributed by atoms with E-state index in [0.29, 0.717) is 42.2 Å². The van der Waals surface area contributed by atoms with Gasteiger partial charge in [-0.25, -0.2) is 27.8 Å². The van der Waals surface area contributed by atoms with E-state index in [1.165, 1.54) is 27.1 Å². The number of esters is 1. The highest BCUT2D eigenvalue weighted by molar-refractivity contribution is 7.89. The third-order valence-corrected chi connectivity index (χ3v) is 13.9. The van der Waals surface area contributed by atoms with Gasteiger partial charge >= 0.3 is 5.97 Å². The zero-order valence-electron chi connectivity index (χ0n) is 36.4. The zero-order valence-corrected chi connectivity index (χ0v) is 38.0. The van der Waals surface area contributed by atoms with Gasteiger partial charge in [0.2, 0.25) is 15.9 Å². The number of sulfonamides is 1. The maximum atomic E-state index is 14.8. The molecule has 0 saturated heterocycles. The number of hydrogen-bond donors (Lipinski definition) is 2. The maximum absolute atomic E-state index is 14.8. The van der Waals surface area contributed by atoms with Crippen molar-refractivity contribution in [2.45, 2.75) is 131 Å². The second-order valence-electron chi connectivity index (χ2n) is 16.7. The Balaban J connectivity index is 1.77. The van der Waals surface area contributed by atoms with Gasteiger partial charge in [-0.3, -0.25) is 9.59 Å². The largest absolute Gasteiger partial charge is 0.506 e. The van der Waals surface area contributed by atoms with Gasteiger partial charge in [-0.05, 0) is 98.6 Å². The van der Waals surface area contributed by atoms with Crippen molar-refractivity contribution in [1.29, 1.82) is 0 Å². The lowest BCUT2D eigenvalue weighted by atomic mass is 9.75. The van der Waals surface area contributed by atoms with Crippen LogP contribution in [0, 0.1) is 30.6 Å². The van der Waals surface area contributed by atoms with E-state index in [1.54, 1.807) is 31.2 Å². The third-order valence-electron chi connectivity index (χ3n) is 11.7. The molecular formula is C46H62ClN5O7S. The average Bonchev–Trinajstić information content (AvgIpc) is 3.51. The van der Waals surface area contributed by atoms with Crippen molar-refractivity contribution >= 4 is 62.0 Å². The summed E-state index contributed by atoms with van der Waals surface area (Å²) in [6.07, 6.45) is 7.24. The number of amides is 1. The Morgan fingerprint density at radius 2 is 1.60 bits per heavy atom. The second kappa shape index (κ2) is 20.5. The Kier molecular flexibility index (Phi) is 16.0. The first kappa shape index (κ1) is 46.7. The Morgan fingerprint density at radius 1 is 0.983 bits per heavy atom. The second-order valence-corrected chi connectivity index (χ2v) is 19.0. The first-order valence-corrected chi connectivity index (χ1v) is 23.5. The summed E-state index contributed by atoms with van der Waals surface area (Å²) in [4.78, 5) is 52.2. The number of unbranched alkanes of at least 4 members (excludes halogenated alkanes) is 3. The number of carbonyl (C=O) groups is 2. The van der Waals surface area contributed by atoms with E-state index >= 15 is 0 Å². The first-order valence-electron chi connectivity index (χ1n) is 21.7. The highest BCUT2D eigenvalue weighted by atomic mass is 35.5. The van der Waals surface area contributed by atoms with Crippen molar-refractivity contribution in [3.05, 3.63) is 74.8 Å². The molecule has 2 heterocycles. The fourth-order valence-corrected chi connectivity index (χ4v) is 10.3. The quantitative estimate of drug-likeness (QED) is 0.120. The van der Waals surface area contributed by atoms with Crippen LogP contribution in [0.25, 0.3) is 11.1 Å². The molecule has 5 rings (SSSR count). The van der Waals surface area contributed by atoms with E-state index in [-0.39, 0.29) is 81.5 Å². The number of aryl methyl sites for hydroxylation is 1. The number of hydrogen-bond acceptors (Lipinski definition) is 9. The highest BCUT2D eigenvalue weighted by Crippen LogP contribution is 2.41. The normalized spacial score (nSPS) is 20.4. The first-order chi connectivity index (χ1) is 28.5. The molecule has 1 saturated carbocycles. The zero-order chi connectivity index (χ0) is 43.9. The molecule has 326 valence electrons. The SMILES string of the molecule is CCCCC(CC)C(=O)Nc1cc(=O)n2c(n1)C(C(=O)OC1C(C)CC(C)CC1C)=C(c1ccc(Cl)cc1)C2=Nc1cc(C)c(O)c(S(=O)(=O)N(CCCC)CCCC)c1. The predicted molar refractivity (Wildman–Crippen MR) is 239 cm³/mol. The molecule has 2 N–H and O–H groups in total. The number of anilines is 1. The molecule has 1 aliphatic carbocycles. The number of nitrogens with zero attached hydrogens (tertiary/aromatic N) is 4. The lowest BCUT2D eigenvalue weighted by molar-refractivity contribution is -0.150. The van der Waals surface area contributed by atoms with Crippen molar-refractivity contribution in [3.63, 3.8) is 0 Å².